The zero-order valence-electron chi connectivity index (χ0n) is 13.1. The number of carboxylic acid groups (broad SMARTS) is 1. The number of carboxylic acids is 1. The summed E-state index contributed by atoms with van der Waals surface area (Å²) in [7, 11) is -3.74. The van der Waals surface area contributed by atoms with E-state index in [2.05, 4.69) is 4.98 Å². The number of aromatic carboxylic acids is 1. The van der Waals surface area contributed by atoms with E-state index in [9.17, 15) is 23.1 Å². The van der Waals surface area contributed by atoms with Gasteiger partial charge in [-0.25, -0.2) is 8.42 Å². The number of piperidine rings is 1. The van der Waals surface area contributed by atoms with Crippen LogP contribution in [0.5, 0.6) is 0 Å². The summed E-state index contributed by atoms with van der Waals surface area (Å²) in [6.07, 6.45) is 3.63. The number of pyridine rings is 1. The Balaban J connectivity index is 2.15. The lowest BCUT2D eigenvalue weighted by atomic mass is 10.1. The van der Waals surface area contributed by atoms with Crippen molar-refractivity contribution in [1.82, 2.24) is 9.29 Å². The largest absolute Gasteiger partial charge is 0.545 e. The van der Waals surface area contributed by atoms with Gasteiger partial charge in [0.25, 0.3) is 0 Å². The number of aromatic amines is 1. The van der Waals surface area contributed by atoms with E-state index in [4.69, 9.17) is 0 Å². The molecule has 24 heavy (non-hydrogen) atoms. The third kappa shape index (κ3) is 2.71. The van der Waals surface area contributed by atoms with Crippen LogP contribution in [0.2, 0.25) is 0 Å². The molecule has 3 rings (SSSR count). The van der Waals surface area contributed by atoms with Crippen LogP contribution < -0.4 is 10.5 Å². The lowest BCUT2D eigenvalue weighted by molar-refractivity contribution is -0.255. The molecule has 0 amide bonds. The Bertz CT molecular complexity index is 964. The first-order valence-electron chi connectivity index (χ1n) is 7.71. The van der Waals surface area contributed by atoms with Gasteiger partial charge in [-0.15, -0.1) is 0 Å². The third-order valence-corrected chi connectivity index (χ3v) is 6.43. The quantitative estimate of drug-likeness (QED) is 0.865. The Labute approximate surface area is 139 Å². The van der Waals surface area contributed by atoms with Crippen LogP contribution in [0.4, 0.5) is 0 Å². The topological polar surface area (TPSA) is 110 Å². The van der Waals surface area contributed by atoms with Crippen molar-refractivity contribution >= 4 is 26.9 Å². The second-order valence-electron chi connectivity index (χ2n) is 5.99. The summed E-state index contributed by atoms with van der Waals surface area (Å²) in [6.45, 7) is 2.30. The van der Waals surface area contributed by atoms with Gasteiger partial charge in [-0.3, -0.25) is 4.79 Å². The van der Waals surface area contributed by atoms with Gasteiger partial charge in [0.05, 0.1) is 16.4 Å². The van der Waals surface area contributed by atoms with Gasteiger partial charge in [0.2, 0.25) is 10.0 Å². The van der Waals surface area contributed by atoms with Crippen molar-refractivity contribution in [3.63, 3.8) is 0 Å². The standard InChI is InChI=1S/C16H18N2O5S/c1-10-4-2-3-7-18(10)24(22,23)11-5-6-14-12(8-11)15(19)13(9-17-14)16(20)21/h5-6,8-10H,2-4,7H2,1H3,(H,17,19)(H,20,21)/p-1. The number of hydrogen-bond acceptors (Lipinski definition) is 5. The molecule has 2 heterocycles. The minimum absolute atomic E-state index is 0.00949. The Kier molecular flexibility index (Phi) is 4.18. The SMILES string of the molecule is CC1CCCCN1S(=O)(=O)c1ccc2[nH]cc(C(=O)[O-])c(=O)c2c1. The number of nitrogens with one attached hydrogen (secondary N) is 1. The fourth-order valence-electron chi connectivity index (χ4n) is 3.07. The smallest absolute Gasteiger partial charge is 0.243 e. The minimum Gasteiger partial charge on any atom is -0.545 e. The van der Waals surface area contributed by atoms with Crippen LogP contribution in [0, 0.1) is 0 Å². The minimum atomic E-state index is -3.74. The summed E-state index contributed by atoms with van der Waals surface area (Å²) < 4.78 is 27.2. The predicted molar refractivity (Wildman–Crippen MR) is 86.1 cm³/mol. The lowest BCUT2D eigenvalue weighted by Crippen LogP contribution is -2.41. The van der Waals surface area contributed by atoms with Crippen LogP contribution >= 0.6 is 0 Å². The maximum Gasteiger partial charge on any atom is 0.243 e. The van der Waals surface area contributed by atoms with Crippen LogP contribution in [0.3, 0.4) is 0 Å². The van der Waals surface area contributed by atoms with E-state index in [0.29, 0.717) is 12.1 Å². The molecule has 1 aromatic heterocycles. The molecule has 1 N–H and O–H groups in total. The highest BCUT2D eigenvalue weighted by molar-refractivity contribution is 7.89. The van der Waals surface area contributed by atoms with Gasteiger partial charge in [-0.2, -0.15) is 4.31 Å². The summed E-state index contributed by atoms with van der Waals surface area (Å²) in [5, 5.41) is 11.0. The van der Waals surface area contributed by atoms with Gasteiger partial charge in [-0.05, 0) is 38.0 Å². The third-order valence-electron chi connectivity index (χ3n) is 4.42. The Morgan fingerprint density at radius 2 is 2.08 bits per heavy atom. The fraction of sp³-hybridized carbons (Fsp3) is 0.375. The lowest BCUT2D eigenvalue weighted by Gasteiger charge is -2.32. The van der Waals surface area contributed by atoms with E-state index in [1.165, 1.54) is 22.5 Å². The number of nitrogens with zero attached hydrogens (tertiary/aromatic N) is 1. The number of benzene rings is 1. The molecule has 1 atom stereocenters. The summed E-state index contributed by atoms with van der Waals surface area (Å²) in [5.41, 5.74) is -0.911. The van der Waals surface area contributed by atoms with Gasteiger partial charge >= 0.3 is 0 Å². The molecule has 0 saturated carbocycles. The molecule has 1 aliphatic rings. The molecule has 1 saturated heterocycles. The molecule has 1 aliphatic heterocycles. The van der Waals surface area contributed by atoms with E-state index >= 15 is 0 Å². The van der Waals surface area contributed by atoms with Crippen LogP contribution in [0.15, 0.2) is 34.1 Å². The first-order valence-corrected chi connectivity index (χ1v) is 9.15. The summed E-state index contributed by atoms with van der Waals surface area (Å²) >= 11 is 0. The average molecular weight is 349 g/mol. The summed E-state index contributed by atoms with van der Waals surface area (Å²) in [5.74, 6) is -1.60. The zero-order valence-corrected chi connectivity index (χ0v) is 13.9. The number of H-pyrrole nitrogens is 1. The maximum absolute atomic E-state index is 12.9. The van der Waals surface area contributed by atoms with Gasteiger partial charge in [0, 0.05) is 29.7 Å². The Morgan fingerprint density at radius 1 is 1.33 bits per heavy atom. The molecule has 1 aromatic carbocycles. The molecule has 2 aromatic rings. The van der Waals surface area contributed by atoms with E-state index in [-0.39, 0.29) is 16.3 Å². The van der Waals surface area contributed by atoms with E-state index in [1.54, 1.807) is 0 Å². The van der Waals surface area contributed by atoms with Crippen molar-refractivity contribution in [2.75, 3.05) is 6.54 Å². The van der Waals surface area contributed by atoms with Crippen molar-refractivity contribution in [2.24, 2.45) is 0 Å². The van der Waals surface area contributed by atoms with E-state index < -0.39 is 27.0 Å². The molecule has 0 bridgehead atoms. The molecule has 128 valence electrons. The summed E-state index contributed by atoms with van der Waals surface area (Å²) in [6, 6.07) is 4.02. The normalized spacial score (nSPS) is 19.5. The second-order valence-corrected chi connectivity index (χ2v) is 7.88. The van der Waals surface area contributed by atoms with Crippen LogP contribution in [-0.2, 0) is 10.0 Å². The van der Waals surface area contributed by atoms with Gasteiger partial charge in [-0.1, -0.05) is 6.42 Å². The number of fused-ring (bicyclic) bond motifs is 1. The number of sulfonamides is 1. The Hall–Kier alpha value is -2.19. The predicted octanol–water partition coefficient (Wildman–Crippen LogP) is 0.455. The van der Waals surface area contributed by atoms with Gasteiger partial charge in [0.1, 0.15) is 0 Å². The molecule has 0 radical (unpaired) electrons. The molecule has 1 unspecified atom stereocenters. The maximum atomic E-state index is 12.9. The van der Waals surface area contributed by atoms with Crippen molar-refractivity contribution in [3.05, 3.63) is 40.2 Å². The first kappa shape index (κ1) is 16.7. The molecule has 0 spiro atoms. The average Bonchev–Trinajstić information content (AvgIpc) is 2.55. The van der Waals surface area contributed by atoms with Crippen LogP contribution in [-0.4, -0.2) is 36.3 Å². The molecular formula is C16H17N2O5S-. The van der Waals surface area contributed by atoms with Crippen molar-refractivity contribution in [2.45, 2.75) is 37.1 Å². The molecule has 0 aliphatic carbocycles. The molecule has 7 nitrogen and oxygen atoms in total. The van der Waals surface area contributed by atoms with Crippen molar-refractivity contribution in [1.29, 1.82) is 0 Å². The monoisotopic (exact) mass is 349 g/mol. The van der Waals surface area contributed by atoms with Crippen molar-refractivity contribution in [3.8, 4) is 0 Å². The fourth-order valence-corrected chi connectivity index (χ4v) is 4.80. The Morgan fingerprint density at radius 3 is 2.75 bits per heavy atom. The number of carbonyl (C=O) groups excluding carboxylic acids is 1. The second kappa shape index (κ2) is 6.03. The molecule has 1 fully saturated rings. The molecule has 8 heteroatoms. The first-order chi connectivity index (χ1) is 11.3. The van der Waals surface area contributed by atoms with E-state index in [0.717, 1.165) is 25.5 Å². The van der Waals surface area contributed by atoms with Crippen LogP contribution in [0.1, 0.15) is 36.5 Å². The number of aromatic nitrogens is 1. The highest BCUT2D eigenvalue weighted by atomic mass is 32.2. The molecular weight excluding hydrogens is 332 g/mol. The van der Waals surface area contributed by atoms with Gasteiger partial charge < -0.3 is 14.9 Å². The van der Waals surface area contributed by atoms with E-state index in [1.807, 2.05) is 6.92 Å². The highest BCUT2D eigenvalue weighted by Crippen LogP contribution is 2.26. The number of carbonyl (C=O) groups is 1. The number of hydrogen-bond donors (Lipinski definition) is 1. The van der Waals surface area contributed by atoms with Crippen molar-refractivity contribution < 1.29 is 18.3 Å². The van der Waals surface area contributed by atoms with Crippen LogP contribution in [0.25, 0.3) is 10.9 Å². The highest BCUT2D eigenvalue weighted by Gasteiger charge is 2.31. The summed E-state index contributed by atoms with van der Waals surface area (Å²) in [4.78, 5) is 25.9. The van der Waals surface area contributed by atoms with Gasteiger partial charge in [0.15, 0.2) is 5.43 Å². The number of rotatable bonds is 3. The zero-order chi connectivity index (χ0) is 17.5.